The Balaban J connectivity index is 1.76. The third-order valence-electron chi connectivity index (χ3n) is 4.10. The second-order valence-electron chi connectivity index (χ2n) is 5.75. The first-order valence-electron chi connectivity index (χ1n) is 8.06. The van der Waals surface area contributed by atoms with Crippen LogP contribution in [0, 0.1) is 6.92 Å². The molecular weight excluding hydrogens is 372 g/mol. The number of furan rings is 1. The normalized spacial score (nSPS) is 10.7. The van der Waals surface area contributed by atoms with Crippen LogP contribution in [0.2, 0.25) is 5.02 Å². The first-order chi connectivity index (χ1) is 13.0. The fourth-order valence-corrected chi connectivity index (χ4v) is 3.04. The van der Waals surface area contributed by atoms with Crippen LogP contribution in [0.5, 0.6) is 11.5 Å². The number of rotatable bonds is 6. The highest BCUT2D eigenvalue weighted by Crippen LogP contribution is 2.36. The minimum absolute atomic E-state index is 0.145. The van der Waals surface area contributed by atoms with Crippen molar-refractivity contribution in [1.29, 1.82) is 0 Å². The monoisotopic (exact) mass is 388 g/mol. The predicted octanol–water partition coefficient (Wildman–Crippen LogP) is 4.45. The molecule has 0 aliphatic heterocycles. The molecule has 0 saturated carbocycles. The SMILES string of the molecule is COc1cc(C(=O)OCC(=O)c2oc3ccccc3c2C)cc(Cl)c1OC. The number of methoxy groups -OCH3 is 2. The summed E-state index contributed by atoms with van der Waals surface area (Å²) < 4.78 is 21.0. The number of hydrogen-bond donors (Lipinski definition) is 0. The molecule has 0 amide bonds. The maximum absolute atomic E-state index is 12.4. The highest BCUT2D eigenvalue weighted by Gasteiger charge is 2.21. The van der Waals surface area contributed by atoms with E-state index in [-0.39, 0.29) is 22.1 Å². The van der Waals surface area contributed by atoms with Gasteiger partial charge in [-0.1, -0.05) is 29.8 Å². The van der Waals surface area contributed by atoms with E-state index in [0.717, 1.165) is 5.39 Å². The lowest BCUT2D eigenvalue weighted by atomic mass is 10.1. The van der Waals surface area contributed by atoms with Crippen molar-refractivity contribution in [1.82, 2.24) is 0 Å². The summed E-state index contributed by atoms with van der Waals surface area (Å²) in [6.07, 6.45) is 0. The third kappa shape index (κ3) is 3.61. The summed E-state index contributed by atoms with van der Waals surface area (Å²) >= 11 is 6.09. The molecule has 140 valence electrons. The van der Waals surface area contributed by atoms with Crippen molar-refractivity contribution in [2.75, 3.05) is 20.8 Å². The molecule has 0 radical (unpaired) electrons. The second kappa shape index (κ2) is 7.72. The minimum Gasteiger partial charge on any atom is -0.493 e. The number of carbonyl (C=O) groups is 2. The van der Waals surface area contributed by atoms with Crippen LogP contribution in [0.15, 0.2) is 40.8 Å². The van der Waals surface area contributed by atoms with Gasteiger partial charge in [0, 0.05) is 10.9 Å². The summed E-state index contributed by atoms with van der Waals surface area (Å²) in [5.74, 6) is -0.362. The topological polar surface area (TPSA) is 75.0 Å². The average Bonchev–Trinajstić information content (AvgIpc) is 3.02. The number of benzene rings is 2. The van der Waals surface area contributed by atoms with Crippen LogP contribution in [-0.2, 0) is 4.74 Å². The number of halogens is 1. The fourth-order valence-electron chi connectivity index (χ4n) is 2.76. The summed E-state index contributed by atoms with van der Waals surface area (Å²) in [5, 5.41) is 1.04. The largest absolute Gasteiger partial charge is 0.493 e. The zero-order valence-electron chi connectivity index (χ0n) is 15.0. The van der Waals surface area contributed by atoms with E-state index in [1.165, 1.54) is 26.4 Å². The van der Waals surface area contributed by atoms with Crippen LogP contribution in [-0.4, -0.2) is 32.6 Å². The highest BCUT2D eigenvalue weighted by molar-refractivity contribution is 6.32. The summed E-state index contributed by atoms with van der Waals surface area (Å²) in [6.45, 7) is 1.33. The fraction of sp³-hybridized carbons (Fsp3) is 0.200. The molecule has 0 aliphatic carbocycles. The van der Waals surface area contributed by atoms with Gasteiger partial charge in [-0.3, -0.25) is 4.79 Å². The van der Waals surface area contributed by atoms with Crippen LogP contribution < -0.4 is 9.47 Å². The van der Waals surface area contributed by atoms with Crippen LogP contribution >= 0.6 is 11.6 Å². The van der Waals surface area contributed by atoms with E-state index in [1.807, 2.05) is 18.2 Å². The van der Waals surface area contributed by atoms with Gasteiger partial charge in [-0.05, 0) is 25.1 Å². The number of ketones is 1. The molecule has 27 heavy (non-hydrogen) atoms. The van der Waals surface area contributed by atoms with Gasteiger partial charge in [0.1, 0.15) is 5.58 Å². The molecular formula is C20H17ClO6. The van der Waals surface area contributed by atoms with E-state index >= 15 is 0 Å². The number of fused-ring (bicyclic) bond motifs is 1. The van der Waals surface area contributed by atoms with E-state index in [2.05, 4.69) is 0 Å². The van der Waals surface area contributed by atoms with Crippen LogP contribution in [0.1, 0.15) is 26.5 Å². The average molecular weight is 389 g/mol. The maximum Gasteiger partial charge on any atom is 0.338 e. The van der Waals surface area contributed by atoms with Crippen LogP contribution in [0.4, 0.5) is 0 Å². The van der Waals surface area contributed by atoms with E-state index in [9.17, 15) is 9.59 Å². The number of hydrogen-bond acceptors (Lipinski definition) is 6. The Hall–Kier alpha value is -2.99. The number of esters is 1. The third-order valence-corrected chi connectivity index (χ3v) is 4.38. The number of ether oxygens (including phenoxy) is 3. The van der Waals surface area contributed by atoms with E-state index in [0.29, 0.717) is 16.9 Å². The van der Waals surface area contributed by atoms with Gasteiger partial charge in [0.05, 0.1) is 24.8 Å². The Bertz CT molecular complexity index is 1020. The van der Waals surface area contributed by atoms with Crippen molar-refractivity contribution in [3.8, 4) is 11.5 Å². The van der Waals surface area contributed by atoms with Crippen molar-refractivity contribution in [3.63, 3.8) is 0 Å². The zero-order chi connectivity index (χ0) is 19.6. The Morgan fingerprint density at radius 3 is 2.52 bits per heavy atom. The minimum atomic E-state index is -0.708. The number of para-hydroxylation sites is 1. The first-order valence-corrected chi connectivity index (χ1v) is 8.44. The van der Waals surface area contributed by atoms with Gasteiger partial charge < -0.3 is 18.6 Å². The zero-order valence-corrected chi connectivity index (χ0v) is 15.8. The molecule has 3 aromatic rings. The molecule has 0 spiro atoms. The molecule has 1 aromatic heterocycles. The Kier molecular flexibility index (Phi) is 5.37. The molecule has 2 aromatic carbocycles. The Labute approximate surface area is 160 Å². The molecule has 0 aliphatic rings. The molecule has 6 nitrogen and oxygen atoms in total. The van der Waals surface area contributed by atoms with Crippen LogP contribution in [0.25, 0.3) is 11.0 Å². The maximum atomic E-state index is 12.4. The molecule has 0 N–H and O–H groups in total. The standard InChI is InChI=1S/C20H17ClO6/c1-11-13-6-4-5-7-16(13)27-18(11)15(22)10-26-20(23)12-8-14(21)19(25-3)17(9-12)24-2/h4-9H,10H2,1-3H3. The second-order valence-corrected chi connectivity index (χ2v) is 6.15. The van der Waals surface area contributed by atoms with Gasteiger partial charge in [-0.2, -0.15) is 0 Å². The number of aryl methyl sites for hydroxylation is 1. The summed E-state index contributed by atoms with van der Waals surface area (Å²) in [7, 11) is 2.87. The van der Waals surface area contributed by atoms with Crippen molar-refractivity contribution in [2.24, 2.45) is 0 Å². The van der Waals surface area contributed by atoms with Crippen molar-refractivity contribution in [3.05, 3.63) is 58.3 Å². The van der Waals surface area contributed by atoms with Crippen molar-refractivity contribution >= 4 is 34.3 Å². The van der Waals surface area contributed by atoms with Gasteiger partial charge in [-0.15, -0.1) is 0 Å². The molecule has 0 unspecified atom stereocenters. The van der Waals surface area contributed by atoms with Gasteiger partial charge in [-0.25, -0.2) is 4.79 Å². The predicted molar refractivity (Wildman–Crippen MR) is 100 cm³/mol. The number of carbonyl (C=O) groups excluding carboxylic acids is 2. The van der Waals surface area contributed by atoms with Gasteiger partial charge in [0.15, 0.2) is 23.9 Å². The lowest BCUT2D eigenvalue weighted by Gasteiger charge is -2.11. The van der Waals surface area contributed by atoms with E-state index in [1.54, 1.807) is 13.0 Å². The van der Waals surface area contributed by atoms with Gasteiger partial charge in [0.2, 0.25) is 5.78 Å². The number of Topliss-reactive ketones (excluding diaryl/α,β-unsaturated/α-hetero) is 1. The molecule has 0 atom stereocenters. The summed E-state index contributed by atoms with van der Waals surface area (Å²) in [4.78, 5) is 24.7. The van der Waals surface area contributed by atoms with Crippen molar-refractivity contribution < 1.29 is 28.2 Å². The Morgan fingerprint density at radius 2 is 1.85 bits per heavy atom. The smallest absolute Gasteiger partial charge is 0.338 e. The molecule has 0 bridgehead atoms. The van der Waals surface area contributed by atoms with E-state index < -0.39 is 18.4 Å². The molecule has 7 heteroatoms. The van der Waals surface area contributed by atoms with Crippen molar-refractivity contribution in [2.45, 2.75) is 6.92 Å². The van der Waals surface area contributed by atoms with Gasteiger partial charge >= 0.3 is 5.97 Å². The van der Waals surface area contributed by atoms with E-state index in [4.69, 9.17) is 30.2 Å². The first kappa shape index (κ1) is 18.8. The molecule has 3 rings (SSSR count). The molecule has 0 fully saturated rings. The summed E-state index contributed by atoms with van der Waals surface area (Å²) in [6, 6.07) is 10.1. The summed E-state index contributed by atoms with van der Waals surface area (Å²) in [5.41, 5.74) is 1.46. The Morgan fingerprint density at radius 1 is 1.11 bits per heavy atom. The molecule has 1 heterocycles. The van der Waals surface area contributed by atoms with Gasteiger partial charge in [0.25, 0.3) is 0 Å². The molecule has 0 saturated heterocycles. The lowest BCUT2D eigenvalue weighted by Crippen LogP contribution is -2.14. The van der Waals surface area contributed by atoms with Crippen LogP contribution in [0.3, 0.4) is 0 Å². The lowest BCUT2D eigenvalue weighted by molar-refractivity contribution is 0.0467. The quantitative estimate of drug-likeness (QED) is 0.458. The highest BCUT2D eigenvalue weighted by atomic mass is 35.5.